The smallest absolute Gasteiger partial charge is 1.00 e. The van der Waals surface area contributed by atoms with Gasteiger partial charge in [-0.2, -0.15) is 16.8 Å². The van der Waals surface area contributed by atoms with Gasteiger partial charge in [-0.05, 0) is 18.2 Å². The Morgan fingerprint density at radius 2 is 1.57 bits per heavy atom. The molecular formula is C10H10NNaO7S2. The van der Waals surface area contributed by atoms with Crippen molar-refractivity contribution in [1.82, 2.24) is 0 Å². The zero-order chi connectivity index (χ0) is 15.3. The summed E-state index contributed by atoms with van der Waals surface area (Å²) in [4.78, 5) is -1.36. The Labute approximate surface area is 143 Å². The van der Waals surface area contributed by atoms with Gasteiger partial charge >= 0.3 is 29.6 Å². The van der Waals surface area contributed by atoms with E-state index >= 15 is 0 Å². The normalized spacial score (nSPS) is 12.1. The second kappa shape index (κ2) is 5.72. The molecule has 0 bridgehead atoms. The van der Waals surface area contributed by atoms with Gasteiger partial charge in [0.15, 0.2) is 0 Å². The van der Waals surface area contributed by atoms with Crippen LogP contribution in [0.4, 0.5) is 5.69 Å². The quantitative estimate of drug-likeness (QED) is 0.270. The van der Waals surface area contributed by atoms with Gasteiger partial charge in [-0.3, -0.25) is 9.11 Å². The van der Waals surface area contributed by atoms with Gasteiger partial charge in [-0.25, -0.2) is 0 Å². The molecule has 0 spiro atoms. The average molecular weight is 343 g/mol. The van der Waals surface area contributed by atoms with Crippen molar-refractivity contribution in [3.63, 3.8) is 0 Å². The van der Waals surface area contributed by atoms with Crippen LogP contribution in [0.1, 0.15) is 1.43 Å². The van der Waals surface area contributed by atoms with Crippen molar-refractivity contribution in [3.8, 4) is 5.75 Å². The fourth-order valence-corrected chi connectivity index (χ4v) is 3.02. The zero-order valence-corrected chi connectivity index (χ0v) is 14.3. The average Bonchev–Trinajstić information content (AvgIpc) is 2.25. The first kappa shape index (κ1) is 18.2. The maximum Gasteiger partial charge on any atom is 1.00 e. The van der Waals surface area contributed by atoms with Crippen molar-refractivity contribution >= 4 is 36.7 Å². The van der Waals surface area contributed by atoms with E-state index in [9.17, 15) is 21.9 Å². The van der Waals surface area contributed by atoms with E-state index in [1.807, 2.05) is 0 Å². The molecule has 0 saturated carbocycles. The topological polar surface area (TPSA) is 155 Å². The molecule has 0 unspecified atom stereocenters. The minimum atomic E-state index is -4.67. The van der Waals surface area contributed by atoms with Crippen LogP contribution in [-0.4, -0.2) is 31.0 Å². The molecule has 0 aliphatic heterocycles. The standard InChI is InChI=1S/C10H9NO7S2.Na.H/c11-7-1-2-9(20(16,17)18)6-3-5(19(13,14)15)4-8(12)10(6)7;;/h1-4,12H,11H2,(H,13,14,15)(H,16,17,18);;/q;+1;-1. The summed E-state index contributed by atoms with van der Waals surface area (Å²) >= 11 is 0. The fourth-order valence-electron chi connectivity index (χ4n) is 1.81. The molecule has 2 rings (SSSR count). The summed E-state index contributed by atoms with van der Waals surface area (Å²) in [6, 6.07) is 3.62. The Morgan fingerprint density at radius 1 is 1.00 bits per heavy atom. The molecule has 21 heavy (non-hydrogen) atoms. The van der Waals surface area contributed by atoms with Gasteiger partial charge in [0.05, 0.1) is 4.90 Å². The van der Waals surface area contributed by atoms with Crippen molar-refractivity contribution in [2.24, 2.45) is 0 Å². The third kappa shape index (κ3) is 3.48. The van der Waals surface area contributed by atoms with Crippen molar-refractivity contribution in [2.75, 3.05) is 5.73 Å². The van der Waals surface area contributed by atoms with Crippen LogP contribution in [0.25, 0.3) is 10.8 Å². The number of hydrogen-bond donors (Lipinski definition) is 4. The van der Waals surface area contributed by atoms with Crippen LogP contribution in [0.3, 0.4) is 0 Å². The number of aromatic hydroxyl groups is 1. The molecule has 0 aliphatic carbocycles. The molecule has 2 aromatic rings. The summed E-state index contributed by atoms with van der Waals surface area (Å²) in [6.45, 7) is 0. The molecule has 2 aromatic carbocycles. The fraction of sp³-hybridized carbons (Fsp3) is 0. The molecule has 0 amide bonds. The van der Waals surface area contributed by atoms with Gasteiger partial charge < -0.3 is 12.3 Å². The van der Waals surface area contributed by atoms with Gasteiger partial charge in [-0.15, -0.1) is 0 Å². The predicted octanol–water partition coefficient (Wildman–Crippen LogP) is -2.26. The van der Waals surface area contributed by atoms with E-state index in [1.165, 1.54) is 0 Å². The maximum atomic E-state index is 11.3. The number of hydrogen-bond acceptors (Lipinski definition) is 6. The van der Waals surface area contributed by atoms with E-state index in [2.05, 4.69) is 0 Å². The monoisotopic (exact) mass is 343 g/mol. The molecular weight excluding hydrogens is 333 g/mol. The van der Waals surface area contributed by atoms with Crippen LogP contribution < -0.4 is 35.3 Å². The molecule has 110 valence electrons. The second-order valence-corrected chi connectivity index (χ2v) is 6.78. The van der Waals surface area contributed by atoms with E-state index in [1.54, 1.807) is 0 Å². The molecule has 0 heterocycles. The van der Waals surface area contributed by atoms with Gasteiger partial charge in [-0.1, -0.05) is 0 Å². The van der Waals surface area contributed by atoms with E-state index in [-0.39, 0.29) is 47.4 Å². The first-order valence-electron chi connectivity index (χ1n) is 5.02. The minimum Gasteiger partial charge on any atom is -1.00 e. The number of phenols is 1. The maximum absolute atomic E-state index is 11.3. The molecule has 0 aromatic heterocycles. The van der Waals surface area contributed by atoms with E-state index in [4.69, 9.17) is 14.8 Å². The molecule has 0 atom stereocenters. The Morgan fingerprint density at radius 3 is 2.05 bits per heavy atom. The zero-order valence-electron chi connectivity index (χ0n) is 11.7. The molecule has 0 fully saturated rings. The summed E-state index contributed by atoms with van der Waals surface area (Å²) in [5.41, 5.74) is 5.56. The first-order chi connectivity index (χ1) is 9.01. The van der Waals surface area contributed by atoms with Crippen LogP contribution in [0.5, 0.6) is 5.75 Å². The Hall–Kier alpha value is -0.880. The minimum absolute atomic E-state index is 0. The third-order valence-electron chi connectivity index (χ3n) is 2.64. The number of benzene rings is 2. The number of nitrogens with two attached hydrogens (primary N) is 1. The number of phenolic OH excluding ortho intramolecular Hbond substituents is 1. The summed E-state index contributed by atoms with van der Waals surface area (Å²) in [6.07, 6.45) is 0. The Kier molecular flexibility index (Phi) is 4.95. The van der Waals surface area contributed by atoms with Gasteiger partial charge in [0.2, 0.25) is 0 Å². The van der Waals surface area contributed by atoms with E-state index in [0.717, 1.165) is 24.3 Å². The van der Waals surface area contributed by atoms with Gasteiger partial charge in [0.1, 0.15) is 10.6 Å². The van der Waals surface area contributed by atoms with Crippen LogP contribution in [0.2, 0.25) is 0 Å². The SMILES string of the molecule is Nc1ccc(S(=O)(=O)O)c2cc(S(=O)(=O)O)cc(O)c12.[H-].[Na+]. The van der Waals surface area contributed by atoms with Crippen LogP contribution in [0.15, 0.2) is 34.1 Å². The summed E-state index contributed by atoms with van der Waals surface area (Å²) < 4.78 is 62.7. The second-order valence-electron chi connectivity index (χ2n) is 3.97. The molecule has 0 saturated heterocycles. The molecule has 0 radical (unpaired) electrons. The predicted molar refractivity (Wildman–Crippen MR) is 70.8 cm³/mol. The van der Waals surface area contributed by atoms with Gasteiger partial charge in [0.25, 0.3) is 20.2 Å². The van der Waals surface area contributed by atoms with E-state index in [0.29, 0.717) is 0 Å². The van der Waals surface area contributed by atoms with Crippen molar-refractivity contribution < 1.29 is 62.0 Å². The number of anilines is 1. The molecule has 8 nitrogen and oxygen atoms in total. The molecule has 5 N–H and O–H groups in total. The number of rotatable bonds is 2. The van der Waals surface area contributed by atoms with Crippen LogP contribution in [-0.2, 0) is 20.2 Å². The first-order valence-corrected chi connectivity index (χ1v) is 7.90. The summed E-state index contributed by atoms with van der Waals surface area (Å²) in [5.74, 6) is -0.641. The van der Waals surface area contributed by atoms with E-state index < -0.39 is 35.8 Å². The summed E-state index contributed by atoms with van der Waals surface area (Å²) in [5, 5.41) is 9.29. The molecule has 11 heteroatoms. The summed E-state index contributed by atoms with van der Waals surface area (Å²) in [7, 11) is -9.34. The largest absolute Gasteiger partial charge is 1.00 e. The Bertz CT molecular complexity index is 928. The number of nitrogen functional groups attached to an aromatic ring is 1. The number of fused-ring (bicyclic) bond motifs is 1. The Balaban J connectivity index is 0.00000220. The third-order valence-corrected chi connectivity index (χ3v) is 4.38. The van der Waals surface area contributed by atoms with Gasteiger partial charge in [0, 0.05) is 22.5 Å². The van der Waals surface area contributed by atoms with Crippen LogP contribution in [0, 0.1) is 0 Å². The van der Waals surface area contributed by atoms with Crippen LogP contribution >= 0.6 is 0 Å². The van der Waals surface area contributed by atoms with Crippen molar-refractivity contribution in [3.05, 3.63) is 24.3 Å². The van der Waals surface area contributed by atoms with Crippen molar-refractivity contribution in [1.29, 1.82) is 0 Å². The van der Waals surface area contributed by atoms with Crippen molar-refractivity contribution in [2.45, 2.75) is 9.79 Å². The molecule has 0 aliphatic rings.